The lowest BCUT2D eigenvalue weighted by atomic mass is 10.0. The third kappa shape index (κ3) is 4.63. The molecule has 3 rings (SSSR count). The smallest absolute Gasteiger partial charge is 0.288 e. The summed E-state index contributed by atoms with van der Waals surface area (Å²) in [5.74, 6) is 0.614. The van der Waals surface area contributed by atoms with Crippen LogP contribution in [-0.4, -0.2) is 14.9 Å². The molecule has 0 aliphatic rings. The maximum Gasteiger partial charge on any atom is 0.288 e. The van der Waals surface area contributed by atoms with Gasteiger partial charge in [-0.25, -0.2) is 0 Å². The first-order valence-electron chi connectivity index (χ1n) is 10.6. The molecule has 1 atom stereocenters. The van der Waals surface area contributed by atoms with E-state index in [1.165, 1.54) is 41.2 Å². The molecule has 2 heteroatoms. The van der Waals surface area contributed by atoms with Crippen molar-refractivity contribution in [1.82, 2.24) is 0 Å². The van der Waals surface area contributed by atoms with E-state index in [2.05, 4.69) is 105 Å². The highest BCUT2D eigenvalue weighted by Gasteiger charge is 2.42. The fourth-order valence-corrected chi connectivity index (χ4v) is 7.88. The Morgan fingerprint density at radius 3 is 1.46 bits per heavy atom. The van der Waals surface area contributed by atoms with Crippen LogP contribution >= 0.6 is 0 Å². The summed E-state index contributed by atoms with van der Waals surface area (Å²) in [5, 5.41) is 3.95. The van der Waals surface area contributed by atoms with Crippen molar-refractivity contribution in [2.45, 2.75) is 39.5 Å². The van der Waals surface area contributed by atoms with Crippen LogP contribution in [0.5, 0.6) is 0 Å². The number of rotatable bonds is 10. The molecule has 1 nitrogen and oxygen atoms in total. The van der Waals surface area contributed by atoms with Gasteiger partial charge in [0.15, 0.2) is 0 Å². The van der Waals surface area contributed by atoms with Crippen molar-refractivity contribution in [3.05, 3.63) is 91.0 Å². The highest BCUT2D eigenvalue weighted by Crippen LogP contribution is 2.17. The van der Waals surface area contributed by atoms with Gasteiger partial charge in [0.1, 0.15) is 0 Å². The fourth-order valence-electron chi connectivity index (χ4n) is 3.91. The summed E-state index contributed by atoms with van der Waals surface area (Å²) in [7, 11) is -2.54. The summed E-state index contributed by atoms with van der Waals surface area (Å²) in [4.78, 5) is 0. The summed E-state index contributed by atoms with van der Waals surface area (Å²) < 4.78 is 7.08. The third-order valence-corrected chi connectivity index (χ3v) is 9.66. The van der Waals surface area contributed by atoms with Gasteiger partial charge in [0, 0.05) is 6.61 Å². The topological polar surface area (TPSA) is 9.23 Å². The van der Waals surface area contributed by atoms with Crippen LogP contribution in [0.3, 0.4) is 0 Å². The molecule has 0 aliphatic heterocycles. The van der Waals surface area contributed by atoms with Gasteiger partial charge >= 0.3 is 0 Å². The Kier molecular flexibility index (Phi) is 7.64. The molecule has 146 valence electrons. The largest absolute Gasteiger partial charge is 0.404 e. The van der Waals surface area contributed by atoms with Crippen LogP contribution in [0.1, 0.15) is 39.5 Å². The van der Waals surface area contributed by atoms with Crippen molar-refractivity contribution >= 4 is 23.9 Å². The van der Waals surface area contributed by atoms with E-state index in [0.717, 1.165) is 6.61 Å². The molecule has 28 heavy (non-hydrogen) atoms. The molecule has 0 spiro atoms. The molecule has 0 radical (unpaired) electrons. The van der Waals surface area contributed by atoms with Crippen LogP contribution < -0.4 is 15.6 Å². The van der Waals surface area contributed by atoms with Crippen LogP contribution in [0, 0.1) is 5.92 Å². The maximum absolute atomic E-state index is 7.08. The van der Waals surface area contributed by atoms with Gasteiger partial charge in [-0.1, -0.05) is 124 Å². The molecule has 0 amide bonds. The first-order chi connectivity index (χ1) is 13.8. The lowest BCUT2D eigenvalue weighted by molar-refractivity contribution is 0.235. The highest BCUT2D eigenvalue weighted by molar-refractivity contribution is 7.07. The minimum atomic E-state index is -2.54. The van der Waals surface area contributed by atoms with Crippen molar-refractivity contribution < 1.29 is 4.43 Å². The van der Waals surface area contributed by atoms with E-state index in [4.69, 9.17) is 4.43 Å². The van der Waals surface area contributed by atoms with E-state index in [0.29, 0.717) is 5.92 Å². The van der Waals surface area contributed by atoms with E-state index in [-0.39, 0.29) is 0 Å². The van der Waals surface area contributed by atoms with Gasteiger partial charge in [0.2, 0.25) is 0 Å². The molecule has 0 fully saturated rings. The van der Waals surface area contributed by atoms with Crippen LogP contribution in [0.4, 0.5) is 0 Å². The maximum atomic E-state index is 7.08. The number of hydrogen-bond donors (Lipinski definition) is 0. The second-order valence-electron chi connectivity index (χ2n) is 7.51. The van der Waals surface area contributed by atoms with Crippen LogP contribution in [0.25, 0.3) is 0 Å². The highest BCUT2D eigenvalue weighted by atomic mass is 28.4. The van der Waals surface area contributed by atoms with E-state index in [1.807, 2.05) is 0 Å². The van der Waals surface area contributed by atoms with Gasteiger partial charge < -0.3 is 4.43 Å². The van der Waals surface area contributed by atoms with Crippen molar-refractivity contribution in [1.29, 1.82) is 0 Å². The van der Waals surface area contributed by atoms with Gasteiger partial charge in [0.05, 0.1) is 0 Å². The zero-order chi connectivity index (χ0) is 19.7. The summed E-state index contributed by atoms with van der Waals surface area (Å²) in [6, 6.07) is 32.6. The quantitative estimate of drug-likeness (QED) is 0.355. The zero-order valence-corrected chi connectivity index (χ0v) is 18.2. The molecule has 3 aromatic rings. The lowest BCUT2D eigenvalue weighted by Gasteiger charge is -2.34. The molecule has 0 aliphatic carbocycles. The van der Waals surface area contributed by atoms with E-state index in [1.54, 1.807) is 0 Å². The van der Waals surface area contributed by atoms with Gasteiger partial charge in [-0.3, -0.25) is 0 Å². The second-order valence-corrected chi connectivity index (χ2v) is 10.9. The van der Waals surface area contributed by atoms with Gasteiger partial charge in [0.25, 0.3) is 8.32 Å². The predicted octanol–water partition coefficient (Wildman–Crippen LogP) is 4.89. The summed E-state index contributed by atoms with van der Waals surface area (Å²) in [5.41, 5.74) is 0. The summed E-state index contributed by atoms with van der Waals surface area (Å²) in [6.45, 7) is 5.38. The Hall–Kier alpha value is -2.16. The Labute approximate surface area is 171 Å². The van der Waals surface area contributed by atoms with Crippen molar-refractivity contribution in [2.24, 2.45) is 5.92 Å². The SMILES string of the molecule is CCCCC(CC)CO[Si](c1ccccc1)(c1ccccc1)c1ccccc1. The number of benzene rings is 3. The Bertz CT molecular complexity index is 705. The van der Waals surface area contributed by atoms with E-state index < -0.39 is 8.32 Å². The minimum Gasteiger partial charge on any atom is -0.404 e. The normalized spacial score (nSPS) is 12.6. The zero-order valence-electron chi connectivity index (χ0n) is 17.2. The molecular formula is C26H32OSi. The number of unbranched alkanes of at least 4 members (excludes halogenated alkanes) is 1. The second kappa shape index (κ2) is 10.4. The molecule has 1 unspecified atom stereocenters. The van der Waals surface area contributed by atoms with Crippen LogP contribution in [0.15, 0.2) is 91.0 Å². The summed E-state index contributed by atoms with van der Waals surface area (Å²) in [6.07, 6.45) is 4.94. The van der Waals surface area contributed by atoms with E-state index in [9.17, 15) is 0 Å². The Morgan fingerprint density at radius 2 is 1.11 bits per heavy atom. The van der Waals surface area contributed by atoms with Gasteiger partial charge in [-0.15, -0.1) is 0 Å². The van der Waals surface area contributed by atoms with Crippen LogP contribution in [0.2, 0.25) is 0 Å². The average molecular weight is 389 g/mol. The van der Waals surface area contributed by atoms with Gasteiger partial charge in [-0.05, 0) is 27.9 Å². The average Bonchev–Trinajstić information content (AvgIpc) is 2.78. The molecule has 3 aromatic carbocycles. The fraction of sp³-hybridized carbons (Fsp3) is 0.308. The molecule has 0 saturated heterocycles. The third-order valence-electron chi connectivity index (χ3n) is 5.62. The monoisotopic (exact) mass is 388 g/mol. The first-order valence-corrected chi connectivity index (χ1v) is 12.5. The molecule has 0 heterocycles. The van der Waals surface area contributed by atoms with Gasteiger partial charge in [-0.2, -0.15) is 0 Å². The van der Waals surface area contributed by atoms with E-state index >= 15 is 0 Å². The Morgan fingerprint density at radius 1 is 0.679 bits per heavy atom. The molecule has 0 aromatic heterocycles. The number of hydrogen-bond acceptors (Lipinski definition) is 1. The molecular weight excluding hydrogens is 356 g/mol. The lowest BCUT2D eigenvalue weighted by Crippen LogP contribution is -2.69. The molecule has 0 bridgehead atoms. The van der Waals surface area contributed by atoms with Crippen molar-refractivity contribution in [2.75, 3.05) is 6.61 Å². The first kappa shape index (κ1) is 20.6. The van der Waals surface area contributed by atoms with Crippen molar-refractivity contribution in [3.8, 4) is 0 Å². The standard InChI is InChI=1S/C26H32OSi/c1-3-5-15-23(4-2)22-27-28(24-16-9-6-10-17-24,25-18-11-7-12-19-25)26-20-13-8-14-21-26/h6-14,16-21,23H,3-5,15,22H2,1-2H3. The predicted molar refractivity (Wildman–Crippen MR) is 123 cm³/mol. The molecule has 0 N–H and O–H groups in total. The Balaban J connectivity index is 2.08. The van der Waals surface area contributed by atoms with Crippen molar-refractivity contribution in [3.63, 3.8) is 0 Å². The van der Waals surface area contributed by atoms with Crippen LogP contribution in [-0.2, 0) is 4.43 Å². The minimum absolute atomic E-state index is 0.614. The molecule has 0 saturated carbocycles. The summed E-state index contributed by atoms with van der Waals surface area (Å²) >= 11 is 0.